The van der Waals surface area contributed by atoms with Crippen molar-refractivity contribution in [3.05, 3.63) is 12.2 Å². The first-order chi connectivity index (χ1) is 8.56. The first-order valence-electron chi connectivity index (χ1n) is 7.46. The largest absolute Gasteiger partial charge is 0.481 e. The quantitative estimate of drug-likeness (QED) is 0.535. The van der Waals surface area contributed by atoms with E-state index in [1.165, 1.54) is 32.1 Å². The lowest BCUT2D eigenvalue weighted by Crippen LogP contribution is -2.29. The smallest absolute Gasteiger partial charge is 0.303 e. The van der Waals surface area contributed by atoms with Gasteiger partial charge in [-0.25, -0.2) is 0 Å². The maximum atomic E-state index is 10.8. The molecule has 4 unspecified atom stereocenters. The Kier molecular flexibility index (Phi) is 6.45. The molecule has 0 saturated heterocycles. The van der Waals surface area contributed by atoms with E-state index in [-0.39, 0.29) is 12.3 Å². The molecule has 2 nitrogen and oxygen atoms in total. The van der Waals surface area contributed by atoms with E-state index in [4.69, 9.17) is 5.11 Å². The first kappa shape index (κ1) is 15.3. The molecule has 104 valence electrons. The monoisotopic (exact) mass is 252 g/mol. The highest BCUT2D eigenvalue weighted by Gasteiger charge is 2.30. The Bertz CT molecular complexity index is 283. The van der Waals surface area contributed by atoms with Crippen LogP contribution in [0, 0.1) is 23.7 Å². The summed E-state index contributed by atoms with van der Waals surface area (Å²) >= 11 is 0. The predicted molar refractivity (Wildman–Crippen MR) is 75.5 cm³/mol. The third-order valence-corrected chi connectivity index (χ3v) is 4.59. The van der Waals surface area contributed by atoms with Gasteiger partial charge in [0.05, 0.1) is 6.42 Å². The molecule has 0 aromatic carbocycles. The second-order valence-electron chi connectivity index (χ2n) is 5.88. The van der Waals surface area contributed by atoms with Crippen LogP contribution in [0.5, 0.6) is 0 Å². The minimum atomic E-state index is -0.676. The molecule has 0 aliphatic heterocycles. The van der Waals surface area contributed by atoms with Crippen LogP contribution in [-0.2, 0) is 4.79 Å². The van der Waals surface area contributed by atoms with Crippen molar-refractivity contribution in [1.29, 1.82) is 0 Å². The van der Waals surface area contributed by atoms with Gasteiger partial charge in [-0.1, -0.05) is 58.6 Å². The summed E-state index contributed by atoms with van der Waals surface area (Å²) in [5, 5.41) is 8.90. The lowest BCUT2D eigenvalue weighted by molar-refractivity contribution is -0.138. The molecule has 0 aromatic rings. The Balaban J connectivity index is 2.45. The Labute approximate surface area is 111 Å². The molecule has 2 heteroatoms. The minimum Gasteiger partial charge on any atom is -0.481 e. The number of carboxylic acid groups (broad SMARTS) is 1. The Morgan fingerprint density at radius 2 is 1.67 bits per heavy atom. The molecule has 1 rings (SSSR count). The minimum absolute atomic E-state index is 0.226. The van der Waals surface area contributed by atoms with Gasteiger partial charge in [-0.05, 0) is 30.1 Å². The fraction of sp³-hybridized carbons (Fsp3) is 0.812. The Hall–Kier alpha value is -0.790. The van der Waals surface area contributed by atoms with Crippen LogP contribution in [0.25, 0.3) is 0 Å². The van der Waals surface area contributed by atoms with Crippen LogP contribution in [-0.4, -0.2) is 11.1 Å². The molecule has 1 N–H and O–H groups in total. The van der Waals surface area contributed by atoms with E-state index in [1.54, 1.807) is 0 Å². The molecule has 0 radical (unpaired) electrons. The van der Waals surface area contributed by atoms with Gasteiger partial charge in [0, 0.05) is 0 Å². The summed E-state index contributed by atoms with van der Waals surface area (Å²) in [6, 6.07) is 0. The van der Waals surface area contributed by atoms with Gasteiger partial charge in [-0.2, -0.15) is 0 Å². The molecular weight excluding hydrogens is 224 g/mol. The molecule has 1 aliphatic carbocycles. The maximum absolute atomic E-state index is 10.8. The van der Waals surface area contributed by atoms with Crippen molar-refractivity contribution >= 4 is 5.97 Å². The average Bonchev–Trinajstić information content (AvgIpc) is 2.32. The van der Waals surface area contributed by atoms with Crippen molar-refractivity contribution in [3.8, 4) is 0 Å². The van der Waals surface area contributed by atoms with Gasteiger partial charge >= 0.3 is 5.97 Å². The van der Waals surface area contributed by atoms with E-state index in [0.29, 0.717) is 17.8 Å². The zero-order valence-electron chi connectivity index (χ0n) is 12.1. The summed E-state index contributed by atoms with van der Waals surface area (Å²) in [7, 11) is 0. The first-order valence-corrected chi connectivity index (χ1v) is 7.46. The van der Waals surface area contributed by atoms with Gasteiger partial charge < -0.3 is 5.11 Å². The van der Waals surface area contributed by atoms with Gasteiger partial charge in [-0.3, -0.25) is 4.79 Å². The number of carbonyl (C=O) groups is 1. The van der Waals surface area contributed by atoms with E-state index >= 15 is 0 Å². The molecule has 1 aliphatic rings. The Morgan fingerprint density at radius 1 is 1.06 bits per heavy atom. The number of hydrogen-bond acceptors (Lipinski definition) is 1. The number of hydrogen-bond donors (Lipinski definition) is 1. The number of aliphatic carboxylic acids is 1. The van der Waals surface area contributed by atoms with E-state index in [0.717, 1.165) is 0 Å². The molecule has 0 bridgehead atoms. The average molecular weight is 252 g/mol. The maximum Gasteiger partial charge on any atom is 0.303 e. The van der Waals surface area contributed by atoms with E-state index < -0.39 is 5.97 Å². The van der Waals surface area contributed by atoms with Gasteiger partial charge in [-0.15, -0.1) is 0 Å². The SMILES string of the molecule is CCCCCCC1C=CC(CC(=O)O)C(C)C1C. The van der Waals surface area contributed by atoms with Crippen LogP contribution >= 0.6 is 0 Å². The van der Waals surface area contributed by atoms with Crippen LogP contribution in [0.15, 0.2) is 12.2 Å². The topological polar surface area (TPSA) is 37.3 Å². The predicted octanol–water partition coefficient (Wildman–Crippen LogP) is 4.51. The number of allylic oxidation sites excluding steroid dienone is 2. The van der Waals surface area contributed by atoms with Gasteiger partial charge in [0.2, 0.25) is 0 Å². The fourth-order valence-electron chi connectivity index (χ4n) is 3.04. The van der Waals surface area contributed by atoms with Crippen molar-refractivity contribution in [2.45, 2.75) is 59.3 Å². The van der Waals surface area contributed by atoms with E-state index in [9.17, 15) is 4.79 Å². The molecule has 0 heterocycles. The summed E-state index contributed by atoms with van der Waals surface area (Å²) < 4.78 is 0. The van der Waals surface area contributed by atoms with Crippen LogP contribution in [0.2, 0.25) is 0 Å². The molecular formula is C16H28O2. The third kappa shape index (κ3) is 4.47. The van der Waals surface area contributed by atoms with Crippen molar-refractivity contribution in [3.63, 3.8) is 0 Å². The van der Waals surface area contributed by atoms with E-state index in [2.05, 4.69) is 32.9 Å². The Morgan fingerprint density at radius 3 is 2.28 bits per heavy atom. The molecule has 0 saturated carbocycles. The second kappa shape index (κ2) is 7.60. The highest BCUT2D eigenvalue weighted by atomic mass is 16.4. The fourth-order valence-corrected chi connectivity index (χ4v) is 3.04. The van der Waals surface area contributed by atoms with Crippen molar-refractivity contribution in [1.82, 2.24) is 0 Å². The van der Waals surface area contributed by atoms with E-state index in [1.807, 2.05) is 0 Å². The van der Waals surface area contributed by atoms with Crippen LogP contribution in [0.3, 0.4) is 0 Å². The second-order valence-corrected chi connectivity index (χ2v) is 5.88. The van der Waals surface area contributed by atoms with Crippen molar-refractivity contribution in [2.24, 2.45) is 23.7 Å². The van der Waals surface area contributed by atoms with Crippen LogP contribution in [0.4, 0.5) is 0 Å². The summed E-state index contributed by atoms with van der Waals surface area (Å²) in [4.78, 5) is 10.8. The summed E-state index contributed by atoms with van der Waals surface area (Å²) in [5.41, 5.74) is 0. The number of carboxylic acids is 1. The van der Waals surface area contributed by atoms with Crippen LogP contribution in [0.1, 0.15) is 59.3 Å². The van der Waals surface area contributed by atoms with Crippen LogP contribution < -0.4 is 0 Å². The molecule has 0 spiro atoms. The molecule has 0 fully saturated rings. The zero-order valence-corrected chi connectivity index (χ0v) is 12.1. The summed E-state index contributed by atoms with van der Waals surface area (Å²) in [5.74, 6) is 1.31. The third-order valence-electron chi connectivity index (χ3n) is 4.59. The lowest BCUT2D eigenvalue weighted by Gasteiger charge is -2.35. The molecule has 18 heavy (non-hydrogen) atoms. The molecule has 0 amide bonds. The van der Waals surface area contributed by atoms with Crippen molar-refractivity contribution < 1.29 is 9.90 Å². The van der Waals surface area contributed by atoms with Crippen molar-refractivity contribution in [2.75, 3.05) is 0 Å². The highest BCUT2D eigenvalue weighted by molar-refractivity contribution is 5.67. The van der Waals surface area contributed by atoms with Gasteiger partial charge in [0.1, 0.15) is 0 Å². The summed E-state index contributed by atoms with van der Waals surface area (Å²) in [6.45, 7) is 6.73. The van der Waals surface area contributed by atoms with Gasteiger partial charge in [0.15, 0.2) is 0 Å². The normalized spacial score (nSPS) is 31.5. The highest BCUT2D eigenvalue weighted by Crippen LogP contribution is 2.37. The molecule has 4 atom stereocenters. The van der Waals surface area contributed by atoms with Gasteiger partial charge in [0.25, 0.3) is 0 Å². The summed E-state index contributed by atoms with van der Waals surface area (Å²) in [6.07, 6.45) is 11.2. The number of unbranched alkanes of at least 4 members (excludes halogenated alkanes) is 3. The molecule has 0 aromatic heterocycles. The lowest BCUT2D eigenvalue weighted by atomic mass is 9.70. The standard InChI is InChI=1S/C16H28O2/c1-4-5-6-7-8-14-9-10-15(11-16(17)18)13(3)12(14)2/h9-10,12-15H,4-8,11H2,1-3H3,(H,17,18). The zero-order chi connectivity index (χ0) is 13.5. The number of rotatable bonds is 7.